The molecule has 1 heterocycles. The SMILES string of the molecule is COc1ccc(-c2nnn(CC(O)COCc3ccc(Cl)cc3)n2)cc1OC. The normalized spacial score (nSPS) is 12.0. The highest BCUT2D eigenvalue weighted by atomic mass is 35.5. The van der Waals surface area contributed by atoms with Crippen LogP contribution in [0.15, 0.2) is 42.5 Å². The molecule has 0 aliphatic heterocycles. The number of tetrazole rings is 1. The van der Waals surface area contributed by atoms with Gasteiger partial charge in [0.15, 0.2) is 11.5 Å². The van der Waals surface area contributed by atoms with Gasteiger partial charge in [0.2, 0.25) is 5.82 Å². The number of halogens is 1. The lowest BCUT2D eigenvalue weighted by molar-refractivity contribution is 0.0165. The summed E-state index contributed by atoms with van der Waals surface area (Å²) in [5.74, 6) is 1.62. The molecule has 0 amide bonds. The van der Waals surface area contributed by atoms with E-state index in [1.165, 1.54) is 4.80 Å². The fourth-order valence-corrected chi connectivity index (χ4v) is 2.67. The van der Waals surface area contributed by atoms with E-state index in [0.29, 0.717) is 29.0 Å². The lowest BCUT2D eigenvalue weighted by Gasteiger charge is -2.10. The van der Waals surface area contributed by atoms with E-state index in [2.05, 4.69) is 15.4 Å². The molecule has 0 spiro atoms. The fourth-order valence-electron chi connectivity index (χ4n) is 2.55. The fraction of sp³-hybridized carbons (Fsp3) is 0.316. The number of hydrogen-bond donors (Lipinski definition) is 1. The number of benzene rings is 2. The Kier molecular flexibility index (Phi) is 6.80. The lowest BCUT2D eigenvalue weighted by Crippen LogP contribution is -2.23. The zero-order chi connectivity index (χ0) is 19.9. The minimum atomic E-state index is -0.764. The average Bonchev–Trinajstić information content (AvgIpc) is 3.17. The highest BCUT2D eigenvalue weighted by molar-refractivity contribution is 6.30. The number of aliphatic hydroxyl groups is 1. The summed E-state index contributed by atoms with van der Waals surface area (Å²) in [5.41, 5.74) is 1.71. The van der Waals surface area contributed by atoms with Gasteiger partial charge in [-0.25, -0.2) is 0 Å². The number of aliphatic hydroxyl groups excluding tert-OH is 1. The van der Waals surface area contributed by atoms with Gasteiger partial charge in [-0.05, 0) is 41.1 Å². The van der Waals surface area contributed by atoms with Gasteiger partial charge in [-0.15, -0.1) is 10.2 Å². The van der Waals surface area contributed by atoms with E-state index < -0.39 is 6.10 Å². The Morgan fingerprint density at radius 1 is 1.07 bits per heavy atom. The Hall–Kier alpha value is -2.68. The molecule has 1 unspecified atom stereocenters. The molecule has 1 N–H and O–H groups in total. The van der Waals surface area contributed by atoms with Crippen molar-refractivity contribution in [1.82, 2.24) is 20.2 Å². The summed E-state index contributed by atoms with van der Waals surface area (Å²) in [6.07, 6.45) is -0.764. The van der Waals surface area contributed by atoms with Crippen LogP contribution in [-0.2, 0) is 17.9 Å². The molecule has 28 heavy (non-hydrogen) atoms. The van der Waals surface area contributed by atoms with E-state index in [0.717, 1.165) is 11.1 Å². The van der Waals surface area contributed by atoms with E-state index >= 15 is 0 Å². The molecule has 0 bridgehead atoms. The Morgan fingerprint density at radius 2 is 1.82 bits per heavy atom. The van der Waals surface area contributed by atoms with Crippen molar-refractivity contribution in [2.75, 3.05) is 20.8 Å². The highest BCUT2D eigenvalue weighted by Gasteiger charge is 2.13. The molecule has 1 atom stereocenters. The number of ether oxygens (including phenoxy) is 3. The van der Waals surface area contributed by atoms with Gasteiger partial charge in [-0.1, -0.05) is 23.7 Å². The predicted molar refractivity (Wildman–Crippen MR) is 103 cm³/mol. The lowest BCUT2D eigenvalue weighted by atomic mass is 10.2. The van der Waals surface area contributed by atoms with Crippen molar-refractivity contribution in [1.29, 1.82) is 0 Å². The third kappa shape index (κ3) is 5.19. The number of hydrogen-bond acceptors (Lipinski definition) is 7. The van der Waals surface area contributed by atoms with Crippen LogP contribution in [0.2, 0.25) is 5.02 Å². The van der Waals surface area contributed by atoms with Gasteiger partial charge in [-0.2, -0.15) is 4.80 Å². The maximum atomic E-state index is 10.1. The molecule has 0 radical (unpaired) electrons. The molecule has 3 aromatic rings. The van der Waals surface area contributed by atoms with Gasteiger partial charge in [0.1, 0.15) is 0 Å². The van der Waals surface area contributed by atoms with Crippen LogP contribution < -0.4 is 9.47 Å². The van der Waals surface area contributed by atoms with Crippen LogP contribution in [0, 0.1) is 0 Å². The van der Waals surface area contributed by atoms with Gasteiger partial charge < -0.3 is 19.3 Å². The topological polar surface area (TPSA) is 91.5 Å². The van der Waals surface area contributed by atoms with Gasteiger partial charge in [-0.3, -0.25) is 0 Å². The number of methoxy groups -OCH3 is 2. The van der Waals surface area contributed by atoms with E-state index in [-0.39, 0.29) is 13.2 Å². The van der Waals surface area contributed by atoms with Crippen molar-refractivity contribution in [2.24, 2.45) is 0 Å². The molecular weight excluding hydrogens is 384 g/mol. The first-order chi connectivity index (χ1) is 13.6. The molecule has 1 aromatic heterocycles. The minimum absolute atomic E-state index is 0.149. The molecule has 2 aromatic carbocycles. The van der Waals surface area contributed by atoms with E-state index in [1.54, 1.807) is 38.5 Å². The monoisotopic (exact) mass is 404 g/mol. The molecule has 0 aliphatic carbocycles. The summed E-state index contributed by atoms with van der Waals surface area (Å²) >= 11 is 5.85. The zero-order valence-corrected chi connectivity index (χ0v) is 16.3. The second-order valence-corrected chi connectivity index (χ2v) is 6.47. The molecule has 0 saturated heterocycles. The van der Waals surface area contributed by atoms with Crippen LogP contribution in [0.25, 0.3) is 11.4 Å². The zero-order valence-electron chi connectivity index (χ0n) is 15.6. The van der Waals surface area contributed by atoms with Crippen LogP contribution in [0.1, 0.15) is 5.56 Å². The first-order valence-corrected chi connectivity index (χ1v) is 8.97. The predicted octanol–water partition coefficient (Wildman–Crippen LogP) is 2.59. The molecule has 148 valence electrons. The van der Waals surface area contributed by atoms with Crippen LogP contribution in [0.4, 0.5) is 0 Å². The smallest absolute Gasteiger partial charge is 0.205 e. The Morgan fingerprint density at radius 3 is 2.54 bits per heavy atom. The standard InChI is InChI=1S/C19H21ClN4O4/c1-26-17-8-5-14(9-18(17)27-2)19-21-23-24(22-19)10-16(25)12-28-11-13-3-6-15(20)7-4-13/h3-9,16,25H,10-12H2,1-2H3. The van der Waals surface area contributed by atoms with Crippen LogP contribution >= 0.6 is 11.6 Å². The van der Waals surface area contributed by atoms with Crippen molar-refractivity contribution in [2.45, 2.75) is 19.3 Å². The number of rotatable bonds is 9. The first kappa shape index (κ1) is 20.1. The molecule has 0 fully saturated rings. The number of aromatic nitrogens is 4. The van der Waals surface area contributed by atoms with Gasteiger partial charge in [0.05, 0.1) is 40.1 Å². The van der Waals surface area contributed by atoms with E-state index in [1.807, 2.05) is 18.2 Å². The van der Waals surface area contributed by atoms with E-state index in [9.17, 15) is 5.11 Å². The third-order valence-electron chi connectivity index (χ3n) is 3.96. The molecule has 8 nitrogen and oxygen atoms in total. The van der Waals surface area contributed by atoms with Crippen molar-refractivity contribution >= 4 is 11.6 Å². The largest absolute Gasteiger partial charge is 0.493 e. The van der Waals surface area contributed by atoms with Crippen molar-refractivity contribution in [3.05, 3.63) is 53.1 Å². The van der Waals surface area contributed by atoms with Crippen LogP contribution in [-0.4, -0.2) is 52.2 Å². The summed E-state index contributed by atoms with van der Waals surface area (Å²) in [6.45, 7) is 0.701. The van der Waals surface area contributed by atoms with Gasteiger partial charge in [0, 0.05) is 10.6 Å². The first-order valence-electron chi connectivity index (χ1n) is 8.59. The average molecular weight is 405 g/mol. The quantitative estimate of drug-likeness (QED) is 0.586. The maximum Gasteiger partial charge on any atom is 0.205 e. The van der Waals surface area contributed by atoms with Crippen LogP contribution in [0.3, 0.4) is 0 Å². The molecular formula is C19H21ClN4O4. The summed E-state index contributed by atoms with van der Waals surface area (Å²) in [7, 11) is 3.13. The third-order valence-corrected chi connectivity index (χ3v) is 4.21. The summed E-state index contributed by atoms with van der Waals surface area (Å²) in [5, 5.41) is 23.1. The van der Waals surface area contributed by atoms with Crippen LogP contribution in [0.5, 0.6) is 11.5 Å². The second kappa shape index (κ2) is 9.50. The van der Waals surface area contributed by atoms with E-state index in [4.69, 9.17) is 25.8 Å². The number of nitrogens with zero attached hydrogens (tertiary/aromatic N) is 4. The van der Waals surface area contributed by atoms with Crippen molar-refractivity contribution < 1.29 is 19.3 Å². The molecule has 3 rings (SSSR count). The van der Waals surface area contributed by atoms with Gasteiger partial charge in [0.25, 0.3) is 0 Å². The maximum absolute atomic E-state index is 10.1. The second-order valence-electron chi connectivity index (χ2n) is 6.03. The van der Waals surface area contributed by atoms with Crippen molar-refractivity contribution in [3.8, 4) is 22.9 Å². The Bertz CT molecular complexity index is 901. The Labute approximate surface area is 167 Å². The van der Waals surface area contributed by atoms with Crippen molar-refractivity contribution in [3.63, 3.8) is 0 Å². The Balaban J connectivity index is 1.54. The summed E-state index contributed by atoms with van der Waals surface area (Å²) in [4.78, 5) is 1.34. The molecule has 0 aliphatic rings. The highest BCUT2D eigenvalue weighted by Crippen LogP contribution is 2.30. The summed E-state index contributed by atoms with van der Waals surface area (Å²) in [6, 6.07) is 12.7. The molecule has 9 heteroatoms. The molecule has 0 saturated carbocycles. The minimum Gasteiger partial charge on any atom is -0.493 e. The van der Waals surface area contributed by atoms with Gasteiger partial charge >= 0.3 is 0 Å². The summed E-state index contributed by atoms with van der Waals surface area (Å²) < 4.78 is 16.0.